The number of hydrogen-bond donors (Lipinski definition) is 0. The number of alkyl halides is 1. The predicted octanol–water partition coefficient (Wildman–Crippen LogP) is 1.90. The van der Waals surface area contributed by atoms with Gasteiger partial charge in [-0.05, 0) is 13.3 Å². The van der Waals surface area contributed by atoms with Crippen LogP contribution in [-0.4, -0.2) is 6.67 Å². The van der Waals surface area contributed by atoms with E-state index in [4.69, 9.17) is 5.26 Å². The van der Waals surface area contributed by atoms with Gasteiger partial charge in [-0.15, -0.1) is 0 Å². The van der Waals surface area contributed by atoms with Crippen molar-refractivity contribution in [3.05, 3.63) is 0 Å². The second-order valence-electron chi connectivity index (χ2n) is 2.16. The third-order valence-electron chi connectivity index (χ3n) is 1.35. The van der Waals surface area contributed by atoms with Crippen molar-refractivity contribution in [3.8, 4) is 6.07 Å². The van der Waals surface area contributed by atoms with Crippen LogP contribution in [0.5, 0.6) is 0 Å². The van der Waals surface area contributed by atoms with Gasteiger partial charge in [0.2, 0.25) is 0 Å². The zero-order valence-corrected chi connectivity index (χ0v) is 5.24. The molecule has 0 spiro atoms. The van der Waals surface area contributed by atoms with Crippen molar-refractivity contribution in [2.75, 3.05) is 6.67 Å². The minimum atomic E-state index is -0.736. The highest BCUT2D eigenvalue weighted by Gasteiger charge is 2.20. The Bertz CT molecular complexity index is 99.6. The van der Waals surface area contributed by atoms with Gasteiger partial charge in [-0.25, -0.2) is 4.39 Å². The van der Waals surface area contributed by atoms with Gasteiger partial charge in [0.1, 0.15) is 6.67 Å². The summed E-state index contributed by atoms with van der Waals surface area (Å²) in [6.45, 7) is 2.88. The summed E-state index contributed by atoms with van der Waals surface area (Å²) >= 11 is 0. The van der Waals surface area contributed by atoms with Crippen molar-refractivity contribution in [2.24, 2.45) is 5.41 Å². The molecule has 0 bridgehead atoms. The number of nitriles is 1. The van der Waals surface area contributed by atoms with Crippen LogP contribution in [0.1, 0.15) is 20.3 Å². The lowest BCUT2D eigenvalue weighted by Gasteiger charge is -2.11. The molecule has 0 rings (SSSR count). The lowest BCUT2D eigenvalue weighted by molar-refractivity contribution is 0.297. The highest BCUT2D eigenvalue weighted by atomic mass is 19.1. The number of nitrogens with zero attached hydrogens (tertiary/aromatic N) is 1. The molecule has 0 aliphatic heterocycles. The first-order valence-corrected chi connectivity index (χ1v) is 2.66. The molecule has 46 valence electrons. The minimum absolute atomic E-state index is 0.542. The molecule has 1 unspecified atom stereocenters. The van der Waals surface area contributed by atoms with Crippen LogP contribution >= 0.6 is 0 Å². The minimum Gasteiger partial charge on any atom is -0.249 e. The predicted molar refractivity (Wildman–Crippen MR) is 30.0 cm³/mol. The molecular weight excluding hydrogens is 105 g/mol. The summed E-state index contributed by atoms with van der Waals surface area (Å²) in [7, 11) is 0. The Balaban J connectivity index is 3.83. The Hall–Kier alpha value is -0.580. The first-order valence-electron chi connectivity index (χ1n) is 2.66. The maximum absolute atomic E-state index is 11.8. The van der Waals surface area contributed by atoms with Crippen LogP contribution in [0.3, 0.4) is 0 Å². The lowest BCUT2D eigenvalue weighted by Crippen LogP contribution is -2.13. The molecule has 0 aromatic heterocycles. The van der Waals surface area contributed by atoms with E-state index >= 15 is 0 Å². The second-order valence-corrected chi connectivity index (χ2v) is 2.16. The van der Waals surface area contributed by atoms with Gasteiger partial charge in [-0.1, -0.05) is 6.92 Å². The van der Waals surface area contributed by atoms with E-state index in [0.29, 0.717) is 6.42 Å². The van der Waals surface area contributed by atoms with Gasteiger partial charge in [0.25, 0.3) is 0 Å². The summed E-state index contributed by atoms with van der Waals surface area (Å²) in [4.78, 5) is 0. The SMILES string of the molecule is CCC(C)(C#N)CF. The highest BCUT2D eigenvalue weighted by molar-refractivity contribution is 4.93. The highest BCUT2D eigenvalue weighted by Crippen LogP contribution is 2.18. The zero-order valence-electron chi connectivity index (χ0n) is 5.24. The lowest BCUT2D eigenvalue weighted by atomic mass is 9.92. The van der Waals surface area contributed by atoms with E-state index in [2.05, 4.69) is 0 Å². The Morgan fingerprint density at radius 3 is 2.25 bits per heavy atom. The van der Waals surface area contributed by atoms with Crippen LogP contribution in [0.15, 0.2) is 0 Å². The molecule has 0 saturated carbocycles. The van der Waals surface area contributed by atoms with E-state index in [1.165, 1.54) is 0 Å². The molecule has 8 heavy (non-hydrogen) atoms. The average molecular weight is 115 g/mol. The van der Waals surface area contributed by atoms with Gasteiger partial charge >= 0.3 is 0 Å². The quantitative estimate of drug-likeness (QED) is 0.539. The Morgan fingerprint density at radius 2 is 2.25 bits per heavy atom. The fourth-order valence-corrected chi connectivity index (χ4v) is 0.203. The monoisotopic (exact) mass is 115 g/mol. The maximum Gasteiger partial charge on any atom is 0.108 e. The van der Waals surface area contributed by atoms with Gasteiger partial charge in [0.15, 0.2) is 0 Å². The average Bonchev–Trinajstić information content (AvgIpc) is 1.87. The number of rotatable bonds is 2. The fourth-order valence-electron chi connectivity index (χ4n) is 0.203. The van der Waals surface area contributed by atoms with Crippen molar-refractivity contribution < 1.29 is 4.39 Å². The van der Waals surface area contributed by atoms with Gasteiger partial charge in [-0.3, -0.25) is 0 Å². The molecule has 1 nitrogen and oxygen atoms in total. The van der Waals surface area contributed by atoms with Crippen molar-refractivity contribution in [2.45, 2.75) is 20.3 Å². The normalized spacial score (nSPS) is 16.8. The number of halogens is 1. The molecule has 0 aromatic carbocycles. The molecule has 1 atom stereocenters. The standard InChI is InChI=1S/C6H10FN/c1-3-6(2,4-7)5-8/h3-4H2,1-2H3. The van der Waals surface area contributed by atoms with Crippen LogP contribution in [0.25, 0.3) is 0 Å². The second kappa shape index (κ2) is 2.66. The van der Waals surface area contributed by atoms with Gasteiger partial charge < -0.3 is 0 Å². The van der Waals surface area contributed by atoms with Crippen LogP contribution in [-0.2, 0) is 0 Å². The Kier molecular flexibility index (Phi) is 2.47. The van der Waals surface area contributed by atoms with E-state index in [-0.39, 0.29) is 0 Å². The molecular formula is C6H10FN. The summed E-state index contributed by atoms with van der Waals surface area (Å²) in [6.07, 6.45) is 0.583. The molecule has 0 fully saturated rings. The molecule has 0 radical (unpaired) electrons. The summed E-state index contributed by atoms with van der Waals surface area (Å²) < 4.78 is 11.8. The molecule has 0 aromatic rings. The summed E-state index contributed by atoms with van der Waals surface area (Å²) in [5.74, 6) is 0. The molecule has 0 N–H and O–H groups in total. The zero-order chi connectivity index (χ0) is 6.62. The maximum atomic E-state index is 11.8. The van der Waals surface area contributed by atoms with Crippen LogP contribution in [0.2, 0.25) is 0 Å². The Morgan fingerprint density at radius 1 is 1.75 bits per heavy atom. The van der Waals surface area contributed by atoms with E-state index in [1.54, 1.807) is 6.92 Å². The van der Waals surface area contributed by atoms with Crippen molar-refractivity contribution in [1.82, 2.24) is 0 Å². The third kappa shape index (κ3) is 1.49. The van der Waals surface area contributed by atoms with Gasteiger partial charge in [0.05, 0.1) is 11.5 Å². The van der Waals surface area contributed by atoms with Crippen molar-refractivity contribution >= 4 is 0 Å². The summed E-state index contributed by atoms with van der Waals surface area (Å²) in [6, 6.07) is 1.90. The van der Waals surface area contributed by atoms with E-state index in [1.807, 2.05) is 13.0 Å². The molecule has 0 amide bonds. The molecule has 0 heterocycles. The molecule has 0 aliphatic carbocycles. The first-order chi connectivity index (χ1) is 3.68. The molecule has 2 heteroatoms. The van der Waals surface area contributed by atoms with E-state index in [9.17, 15) is 4.39 Å². The Labute approximate surface area is 49.1 Å². The fraction of sp³-hybridized carbons (Fsp3) is 0.833. The topological polar surface area (TPSA) is 23.8 Å². The van der Waals surface area contributed by atoms with Crippen molar-refractivity contribution in [3.63, 3.8) is 0 Å². The molecule has 0 saturated heterocycles. The first kappa shape index (κ1) is 7.42. The van der Waals surface area contributed by atoms with Gasteiger partial charge in [-0.2, -0.15) is 5.26 Å². The molecule has 0 aliphatic rings. The van der Waals surface area contributed by atoms with Crippen molar-refractivity contribution in [1.29, 1.82) is 5.26 Å². The largest absolute Gasteiger partial charge is 0.249 e. The van der Waals surface area contributed by atoms with E-state index < -0.39 is 12.1 Å². The number of hydrogen-bond acceptors (Lipinski definition) is 1. The van der Waals surface area contributed by atoms with Crippen LogP contribution < -0.4 is 0 Å². The summed E-state index contributed by atoms with van der Waals surface area (Å²) in [5.41, 5.74) is -0.736. The van der Waals surface area contributed by atoms with Gasteiger partial charge in [0, 0.05) is 0 Å². The van der Waals surface area contributed by atoms with Crippen LogP contribution in [0, 0.1) is 16.7 Å². The van der Waals surface area contributed by atoms with Crippen LogP contribution in [0.4, 0.5) is 4.39 Å². The smallest absolute Gasteiger partial charge is 0.108 e. The van der Waals surface area contributed by atoms with E-state index in [0.717, 1.165) is 0 Å². The third-order valence-corrected chi connectivity index (χ3v) is 1.35. The summed E-state index contributed by atoms with van der Waals surface area (Å²) in [5, 5.41) is 8.30.